The zero-order valence-corrected chi connectivity index (χ0v) is 9.70. The molecule has 0 unspecified atom stereocenters. The smallest absolute Gasteiger partial charge is 0.330 e. The van der Waals surface area contributed by atoms with Crippen molar-refractivity contribution in [2.75, 3.05) is 6.61 Å². The van der Waals surface area contributed by atoms with E-state index in [1.165, 1.54) is 6.08 Å². The maximum atomic E-state index is 11.1. The molecule has 0 aromatic heterocycles. The van der Waals surface area contributed by atoms with Crippen LogP contribution in [0, 0.1) is 0 Å². The minimum atomic E-state index is -0.386. The van der Waals surface area contributed by atoms with E-state index in [0.29, 0.717) is 17.2 Å². The Kier molecular flexibility index (Phi) is 5.02. The highest BCUT2D eigenvalue weighted by molar-refractivity contribution is 6.31. The van der Waals surface area contributed by atoms with Crippen LogP contribution in [0.5, 0.6) is 0 Å². The number of benzene rings is 1. The molecule has 0 heterocycles. The molecule has 16 heavy (non-hydrogen) atoms. The monoisotopic (exact) mass is 240 g/mol. The lowest BCUT2D eigenvalue weighted by Crippen LogP contribution is -1.98. The SMILES string of the molecule is CCOC(=O)C=Cc1ccc(Cl)c(CO)c1. The maximum Gasteiger partial charge on any atom is 0.330 e. The van der Waals surface area contributed by atoms with Crippen molar-refractivity contribution < 1.29 is 14.6 Å². The number of esters is 1. The molecular weight excluding hydrogens is 228 g/mol. The summed E-state index contributed by atoms with van der Waals surface area (Å²) in [4.78, 5) is 11.1. The molecule has 1 N–H and O–H groups in total. The molecule has 0 radical (unpaired) electrons. The van der Waals surface area contributed by atoms with Crippen LogP contribution in [-0.2, 0) is 16.1 Å². The summed E-state index contributed by atoms with van der Waals surface area (Å²) >= 11 is 5.83. The number of carbonyl (C=O) groups is 1. The van der Waals surface area contributed by atoms with E-state index in [2.05, 4.69) is 0 Å². The van der Waals surface area contributed by atoms with Gasteiger partial charge in [0.1, 0.15) is 0 Å². The Labute approximate surface area is 99.3 Å². The van der Waals surface area contributed by atoms with Crippen molar-refractivity contribution in [3.63, 3.8) is 0 Å². The summed E-state index contributed by atoms with van der Waals surface area (Å²) in [5.74, 6) is -0.386. The third-order valence-electron chi connectivity index (χ3n) is 1.94. The first-order valence-electron chi connectivity index (χ1n) is 4.91. The highest BCUT2D eigenvalue weighted by atomic mass is 35.5. The number of rotatable bonds is 4. The molecule has 1 rings (SSSR count). The molecule has 3 nitrogen and oxygen atoms in total. The highest BCUT2D eigenvalue weighted by Crippen LogP contribution is 2.18. The van der Waals surface area contributed by atoms with Crippen LogP contribution >= 0.6 is 11.6 Å². The quantitative estimate of drug-likeness (QED) is 0.649. The lowest BCUT2D eigenvalue weighted by atomic mass is 10.1. The fourth-order valence-corrected chi connectivity index (χ4v) is 1.35. The molecule has 0 saturated carbocycles. The Morgan fingerprint density at radius 2 is 2.31 bits per heavy atom. The van der Waals surface area contributed by atoms with Crippen LogP contribution in [0.25, 0.3) is 6.08 Å². The lowest BCUT2D eigenvalue weighted by Gasteiger charge is -2.01. The second kappa shape index (κ2) is 6.30. The Hall–Kier alpha value is -1.32. The van der Waals surface area contributed by atoms with Crippen LogP contribution in [0.3, 0.4) is 0 Å². The van der Waals surface area contributed by atoms with Gasteiger partial charge < -0.3 is 9.84 Å². The highest BCUT2D eigenvalue weighted by Gasteiger charge is 1.99. The first-order chi connectivity index (χ1) is 7.67. The van der Waals surface area contributed by atoms with Crippen molar-refractivity contribution in [2.24, 2.45) is 0 Å². The van der Waals surface area contributed by atoms with Crippen molar-refractivity contribution in [3.05, 3.63) is 40.4 Å². The third-order valence-corrected chi connectivity index (χ3v) is 2.31. The Morgan fingerprint density at radius 3 is 2.94 bits per heavy atom. The summed E-state index contributed by atoms with van der Waals surface area (Å²) < 4.78 is 4.74. The van der Waals surface area contributed by atoms with Crippen LogP contribution in [0.2, 0.25) is 5.02 Å². The summed E-state index contributed by atoms with van der Waals surface area (Å²) in [6.45, 7) is 1.98. The molecule has 1 aromatic carbocycles. The number of carbonyl (C=O) groups excluding carboxylic acids is 1. The second-order valence-electron chi connectivity index (χ2n) is 3.09. The van der Waals surface area contributed by atoms with Crippen molar-refractivity contribution in [2.45, 2.75) is 13.5 Å². The Balaban J connectivity index is 2.78. The summed E-state index contributed by atoms with van der Waals surface area (Å²) in [7, 11) is 0. The fourth-order valence-electron chi connectivity index (χ4n) is 1.17. The van der Waals surface area contributed by atoms with Gasteiger partial charge >= 0.3 is 5.97 Å². The summed E-state index contributed by atoms with van der Waals surface area (Å²) in [5.41, 5.74) is 1.43. The van der Waals surface area contributed by atoms with E-state index in [-0.39, 0.29) is 12.6 Å². The standard InChI is InChI=1S/C12H13ClO3/c1-2-16-12(15)6-4-9-3-5-11(13)10(7-9)8-14/h3-7,14H,2,8H2,1H3. The molecule has 0 aliphatic heterocycles. The number of aliphatic hydroxyl groups is 1. The van der Waals surface area contributed by atoms with Crippen LogP contribution in [-0.4, -0.2) is 17.7 Å². The van der Waals surface area contributed by atoms with Gasteiger partial charge in [0.2, 0.25) is 0 Å². The summed E-state index contributed by atoms with van der Waals surface area (Å²) in [6, 6.07) is 5.16. The van der Waals surface area contributed by atoms with Gasteiger partial charge in [-0.25, -0.2) is 4.79 Å². The molecule has 4 heteroatoms. The number of ether oxygens (including phenoxy) is 1. The molecule has 1 aromatic rings. The molecule has 0 amide bonds. The average Bonchev–Trinajstić information content (AvgIpc) is 2.28. The predicted molar refractivity (Wildman–Crippen MR) is 63.0 cm³/mol. The van der Waals surface area contributed by atoms with Crippen LogP contribution < -0.4 is 0 Å². The van der Waals surface area contributed by atoms with Crippen LogP contribution in [0.4, 0.5) is 0 Å². The Morgan fingerprint density at radius 1 is 1.56 bits per heavy atom. The largest absolute Gasteiger partial charge is 0.463 e. The fraction of sp³-hybridized carbons (Fsp3) is 0.250. The minimum absolute atomic E-state index is 0.125. The second-order valence-corrected chi connectivity index (χ2v) is 3.50. The van der Waals surface area contributed by atoms with E-state index < -0.39 is 0 Å². The van der Waals surface area contributed by atoms with E-state index in [9.17, 15) is 4.79 Å². The van der Waals surface area contributed by atoms with Crippen LogP contribution in [0.15, 0.2) is 24.3 Å². The van der Waals surface area contributed by atoms with E-state index in [1.54, 1.807) is 31.2 Å². The third kappa shape index (κ3) is 3.68. The first kappa shape index (κ1) is 12.7. The topological polar surface area (TPSA) is 46.5 Å². The molecule has 0 fully saturated rings. The van der Waals surface area contributed by atoms with Gasteiger partial charge in [0, 0.05) is 11.1 Å². The van der Waals surface area contributed by atoms with Gasteiger partial charge in [-0.15, -0.1) is 0 Å². The number of halogens is 1. The van der Waals surface area contributed by atoms with Gasteiger partial charge in [-0.1, -0.05) is 17.7 Å². The van der Waals surface area contributed by atoms with E-state index in [0.717, 1.165) is 5.56 Å². The average molecular weight is 241 g/mol. The number of aliphatic hydroxyl groups excluding tert-OH is 1. The van der Waals surface area contributed by atoms with E-state index in [1.807, 2.05) is 0 Å². The normalized spacial score (nSPS) is 10.7. The molecule has 86 valence electrons. The molecule has 0 atom stereocenters. The molecule has 0 bridgehead atoms. The summed E-state index contributed by atoms with van der Waals surface area (Å²) in [6.07, 6.45) is 2.96. The van der Waals surface area contributed by atoms with Gasteiger partial charge in [-0.2, -0.15) is 0 Å². The number of hydrogen-bond donors (Lipinski definition) is 1. The van der Waals surface area contributed by atoms with Gasteiger partial charge in [0.05, 0.1) is 13.2 Å². The van der Waals surface area contributed by atoms with Gasteiger partial charge in [0.15, 0.2) is 0 Å². The van der Waals surface area contributed by atoms with Crippen molar-refractivity contribution in [1.29, 1.82) is 0 Å². The maximum absolute atomic E-state index is 11.1. The zero-order chi connectivity index (χ0) is 12.0. The van der Waals surface area contributed by atoms with Crippen molar-refractivity contribution in [3.8, 4) is 0 Å². The van der Waals surface area contributed by atoms with Gasteiger partial charge in [0.25, 0.3) is 0 Å². The first-order valence-corrected chi connectivity index (χ1v) is 5.29. The summed E-state index contributed by atoms with van der Waals surface area (Å²) in [5, 5.41) is 9.51. The van der Waals surface area contributed by atoms with Gasteiger partial charge in [-0.05, 0) is 36.3 Å². The predicted octanol–water partition coefficient (Wildman–Crippen LogP) is 2.41. The van der Waals surface area contributed by atoms with Crippen molar-refractivity contribution >= 4 is 23.6 Å². The van der Waals surface area contributed by atoms with Crippen LogP contribution in [0.1, 0.15) is 18.1 Å². The molecule has 0 spiro atoms. The number of hydrogen-bond acceptors (Lipinski definition) is 3. The van der Waals surface area contributed by atoms with E-state index >= 15 is 0 Å². The zero-order valence-electron chi connectivity index (χ0n) is 8.94. The van der Waals surface area contributed by atoms with Gasteiger partial charge in [-0.3, -0.25) is 0 Å². The molecule has 0 aliphatic rings. The lowest BCUT2D eigenvalue weighted by molar-refractivity contribution is -0.137. The van der Waals surface area contributed by atoms with E-state index in [4.69, 9.17) is 21.4 Å². The Bertz CT molecular complexity index is 399. The molecule has 0 saturated heterocycles. The minimum Gasteiger partial charge on any atom is -0.463 e. The molecular formula is C12H13ClO3. The molecule has 0 aliphatic carbocycles. The van der Waals surface area contributed by atoms with Crippen molar-refractivity contribution in [1.82, 2.24) is 0 Å².